The zero-order valence-corrected chi connectivity index (χ0v) is 27.5. The summed E-state index contributed by atoms with van der Waals surface area (Å²) >= 11 is 0. The van der Waals surface area contributed by atoms with E-state index in [1.807, 2.05) is 77.4 Å². The van der Waals surface area contributed by atoms with Crippen molar-refractivity contribution in [2.45, 2.75) is 53.4 Å². The molecule has 5 rings (SSSR count). The van der Waals surface area contributed by atoms with Gasteiger partial charge in [-0.05, 0) is 84.3 Å². The Balaban J connectivity index is 1.42. The lowest BCUT2D eigenvalue weighted by molar-refractivity contribution is 0.474. The van der Waals surface area contributed by atoms with E-state index >= 15 is 0 Å². The number of nitrogens with zero attached hydrogens (tertiary/aromatic N) is 1. The number of para-hydroxylation sites is 2. The first-order valence-electron chi connectivity index (χ1n) is 14.6. The Morgan fingerprint density at radius 1 is 0.558 bits per heavy atom. The second-order valence-electron chi connectivity index (χ2n) is 11.2. The van der Waals surface area contributed by atoms with Crippen molar-refractivity contribution in [1.82, 2.24) is 4.34 Å². The van der Waals surface area contributed by atoms with Gasteiger partial charge in [0, 0.05) is 23.5 Å². The van der Waals surface area contributed by atoms with Crippen LogP contribution in [0.2, 0.25) is 0 Å². The predicted octanol–water partition coefficient (Wildman–Crippen LogP) is 11.2. The van der Waals surface area contributed by atoms with Crippen molar-refractivity contribution in [3.05, 3.63) is 132 Å². The highest BCUT2D eigenvalue weighted by Crippen LogP contribution is 2.48. The van der Waals surface area contributed by atoms with Crippen molar-refractivity contribution in [3.63, 3.8) is 0 Å². The fraction of sp³-hybridized carbons (Fsp3) is 0.222. The van der Waals surface area contributed by atoms with Crippen molar-refractivity contribution in [2.75, 3.05) is 0 Å². The van der Waals surface area contributed by atoms with Crippen LogP contribution >= 0.6 is 17.6 Å². The van der Waals surface area contributed by atoms with Crippen molar-refractivity contribution < 1.29 is 18.1 Å². The highest BCUT2D eigenvalue weighted by atomic mass is 31.2. The van der Waals surface area contributed by atoms with Crippen LogP contribution in [0.15, 0.2) is 109 Å². The zero-order chi connectivity index (χ0) is 30.3. The third-order valence-corrected chi connectivity index (χ3v) is 9.04. The number of hydrogen-bond donors (Lipinski definition) is 0. The Labute approximate surface area is 258 Å². The third kappa shape index (κ3) is 7.60. The fourth-order valence-corrected chi connectivity index (χ4v) is 6.60. The SMILES string of the molecule is Cc1ccc(C(C)C)c(OPOc2ccccc2-c2ccccc2OP(Oc2cc(C)ccc2C(C)C)n2cccc2)c1. The van der Waals surface area contributed by atoms with Crippen LogP contribution in [0.4, 0.5) is 0 Å². The molecule has 7 heteroatoms. The van der Waals surface area contributed by atoms with Gasteiger partial charge >= 0.3 is 8.53 Å². The van der Waals surface area contributed by atoms with Crippen LogP contribution in [-0.4, -0.2) is 4.34 Å². The minimum Gasteiger partial charge on any atom is -0.440 e. The van der Waals surface area contributed by atoms with Crippen LogP contribution in [-0.2, 0) is 0 Å². The molecule has 2 unspecified atom stereocenters. The maximum Gasteiger partial charge on any atom is 0.421 e. The Morgan fingerprint density at radius 3 is 1.67 bits per heavy atom. The monoisotopic (exact) mass is 611 g/mol. The normalized spacial score (nSPS) is 12.2. The molecule has 2 atom stereocenters. The Kier molecular flexibility index (Phi) is 10.1. The predicted molar refractivity (Wildman–Crippen MR) is 180 cm³/mol. The van der Waals surface area contributed by atoms with Gasteiger partial charge in [0.2, 0.25) is 0 Å². The van der Waals surface area contributed by atoms with Crippen molar-refractivity contribution in [3.8, 4) is 34.1 Å². The van der Waals surface area contributed by atoms with E-state index in [1.165, 1.54) is 5.56 Å². The summed E-state index contributed by atoms with van der Waals surface area (Å²) in [5, 5.41) is 0. The summed E-state index contributed by atoms with van der Waals surface area (Å²) in [7, 11) is -1.74. The first-order valence-corrected chi connectivity index (χ1v) is 16.5. The highest BCUT2D eigenvalue weighted by Gasteiger charge is 2.23. The van der Waals surface area contributed by atoms with Gasteiger partial charge in [-0.2, -0.15) is 0 Å². The summed E-state index contributed by atoms with van der Waals surface area (Å²) in [6.45, 7) is 12.8. The first-order chi connectivity index (χ1) is 20.8. The molecule has 0 spiro atoms. The van der Waals surface area contributed by atoms with Crippen molar-refractivity contribution in [1.29, 1.82) is 0 Å². The van der Waals surface area contributed by atoms with Crippen LogP contribution in [0.5, 0.6) is 23.0 Å². The second-order valence-corrected chi connectivity index (χ2v) is 13.0. The molecule has 1 aromatic heterocycles. The van der Waals surface area contributed by atoms with Crippen molar-refractivity contribution >= 4 is 17.6 Å². The minimum atomic E-state index is -1.54. The van der Waals surface area contributed by atoms with Gasteiger partial charge in [0.1, 0.15) is 23.0 Å². The molecule has 0 aliphatic rings. The van der Waals surface area contributed by atoms with E-state index in [0.29, 0.717) is 17.6 Å². The summed E-state index contributed by atoms with van der Waals surface area (Å²) in [6.07, 6.45) is 3.96. The summed E-state index contributed by atoms with van der Waals surface area (Å²) in [5.74, 6) is 3.80. The lowest BCUT2D eigenvalue weighted by Gasteiger charge is -2.23. The maximum atomic E-state index is 6.73. The molecule has 5 aromatic rings. The van der Waals surface area contributed by atoms with Gasteiger partial charge in [0.25, 0.3) is 9.03 Å². The summed E-state index contributed by atoms with van der Waals surface area (Å²) in [5.41, 5.74) is 6.45. The number of rotatable bonds is 12. The smallest absolute Gasteiger partial charge is 0.421 e. The zero-order valence-electron chi connectivity index (χ0n) is 25.6. The molecule has 0 saturated carbocycles. The first kappa shape index (κ1) is 30.7. The van der Waals surface area contributed by atoms with Gasteiger partial charge in [0.05, 0.1) is 0 Å². The summed E-state index contributed by atoms with van der Waals surface area (Å²) in [6, 6.07) is 32.7. The van der Waals surface area contributed by atoms with Gasteiger partial charge in [-0.25, -0.2) is 0 Å². The maximum absolute atomic E-state index is 6.73. The second kappa shape index (κ2) is 14.1. The molecule has 5 nitrogen and oxygen atoms in total. The number of aryl methyl sites for hydroxylation is 2. The topological polar surface area (TPSA) is 41.9 Å². The van der Waals surface area contributed by atoms with Gasteiger partial charge in [-0.15, -0.1) is 0 Å². The van der Waals surface area contributed by atoms with E-state index in [-0.39, 0.29) is 9.03 Å². The molecule has 0 amide bonds. The highest BCUT2D eigenvalue weighted by molar-refractivity contribution is 7.46. The van der Waals surface area contributed by atoms with Gasteiger partial charge in [-0.3, -0.25) is 4.34 Å². The molecule has 0 fully saturated rings. The molecule has 0 aliphatic heterocycles. The molecular formula is C36H39NO4P2. The molecule has 0 bridgehead atoms. The lowest BCUT2D eigenvalue weighted by Crippen LogP contribution is -2.06. The number of benzene rings is 4. The van der Waals surface area contributed by atoms with Gasteiger partial charge in [0.15, 0.2) is 0 Å². The minimum absolute atomic E-state index is 0.201. The molecule has 1 heterocycles. The molecule has 4 aromatic carbocycles. The van der Waals surface area contributed by atoms with Crippen molar-refractivity contribution in [2.24, 2.45) is 0 Å². The fourth-order valence-electron chi connectivity index (χ4n) is 4.78. The summed E-state index contributed by atoms with van der Waals surface area (Å²) < 4.78 is 27.8. The lowest BCUT2D eigenvalue weighted by atomic mass is 10.0. The molecule has 0 radical (unpaired) electrons. The third-order valence-electron chi connectivity index (χ3n) is 7.08. The van der Waals surface area contributed by atoms with Crippen LogP contribution in [0.25, 0.3) is 11.1 Å². The number of aromatic nitrogens is 1. The largest absolute Gasteiger partial charge is 0.440 e. The van der Waals surface area contributed by atoms with Crippen LogP contribution < -0.4 is 18.1 Å². The van der Waals surface area contributed by atoms with E-state index in [9.17, 15) is 0 Å². The van der Waals surface area contributed by atoms with Crippen LogP contribution in [0.1, 0.15) is 61.8 Å². The molecule has 43 heavy (non-hydrogen) atoms. The average molecular weight is 612 g/mol. The van der Waals surface area contributed by atoms with Gasteiger partial charge < -0.3 is 18.1 Å². The molecule has 0 saturated heterocycles. The van der Waals surface area contributed by atoms with E-state index in [2.05, 4.69) is 77.9 Å². The van der Waals surface area contributed by atoms with Crippen LogP contribution in [0.3, 0.4) is 0 Å². The van der Waals surface area contributed by atoms with E-state index in [0.717, 1.165) is 45.1 Å². The average Bonchev–Trinajstić information content (AvgIpc) is 3.53. The van der Waals surface area contributed by atoms with Crippen LogP contribution in [0, 0.1) is 13.8 Å². The molecule has 222 valence electrons. The molecular weight excluding hydrogens is 572 g/mol. The summed E-state index contributed by atoms with van der Waals surface area (Å²) in [4.78, 5) is 0. The Morgan fingerprint density at radius 2 is 1.05 bits per heavy atom. The molecule has 0 aliphatic carbocycles. The number of hydrogen-bond acceptors (Lipinski definition) is 4. The quantitative estimate of drug-likeness (QED) is 0.132. The standard InChI is InChI=1S/C36H39NO4P2/c1-25(2)29-19-17-27(5)23-35(29)39-42-38-33-15-9-7-13-31(33)32-14-8-10-16-34(32)40-43(37-21-11-12-22-37)41-36-24-28(6)18-20-30(36)26(3)4/h7-26,42H,1-6H3. The molecule has 0 N–H and O–H groups in total. The van der Waals surface area contributed by atoms with Gasteiger partial charge in [-0.1, -0.05) is 88.4 Å². The Bertz CT molecular complexity index is 1650. The Hall–Kier alpha value is -3.78. The van der Waals surface area contributed by atoms with E-state index < -0.39 is 8.53 Å². The van der Waals surface area contributed by atoms with E-state index in [1.54, 1.807) is 0 Å². The van der Waals surface area contributed by atoms with E-state index in [4.69, 9.17) is 18.1 Å².